The van der Waals surface area contributed by atoms with E-state index >= 15 is 0 Å². The van der Waals surface area contributed by atoms with E-state index in [0.29, 0.717) is 35.3 Å². The molecule has 0 bridgehead atoms. The van der Waals surface area contributed by atoms with E-state index in [1.807, 2.05) is 40.6 Å². The lowest BCUT2D eigenvalue weighted by Crippen LogP contribution is -2.34. The molecular formula is C26H27ClN2O5S. The molecule has 0 atom stereocenters. The lowest BCUT2D eigenvalue weighted by Gasteiger charge is -2.27. The quantitative estimate of drug-likeness (QED) is 0.416. The standard InChI is InChI=1S/C26H27ClN2O5S/c27-20-6-8-22(32-14-25-28-21(13-30)15-35-25)19(10-20)12-29(26(31)18-3-1-2-4-18)11-17-5-7-23-24(9-17)34-16-33-23/h5-10,15,18,30H,1-4,11-14,16H2. The number of carbonyl (C=O) groups is 1. The highest BCUT2D eigenvalue weighted by atomic mass is 35.5. The Morgan fingerprint density at radius 2 is 1.97 bits per heavy atom. The molecule has 1 N–H and O–H groups in total. The second kappa shape index (κ2) is 10.8. The van der Waals surface area contributed by atoms with Crippen LogP contribution in [0.4, 0.5) is 0 Å². The van der Waals surface area contributed by atoms with Gasteiger partial charge in [-0.2, -0.15) is 0 Å². The van der Waals surface area contributed by atoms with Crippen LogP contribution >= 0.6 is 22.9 Å². The van der Waals surface area contributed by atoms with Crippen LogP contribution in [0.15, 0.2) is 41.8 Å². The van der Waals surface area contributed by atoms with Crippen molar-refractivity contribution < 1.29 is 24.1 Å². The maximum absolute atomic E-state index is 13.6. The van der Waals surface area contributed by atoms with Gasteiger partial charge in [0.15, 0.2) is 11.5 Å². The summed E-state index contributed by atoms with van der Waals surface area (Å²) >= 11 is 7.78. The van der Waals surface area contributed by atoms with Crippen LogP contribution in [-0.2, 0) is 31.1 Å². The zero-order valence-corrected chi connectivity index (χ0v) is 20.8. The van der Waals surface area contributed by atoms with Gasteiger partial charge in [0.2, 0.25) is 12.7 Å². The fourth-order valence-corrected chi connectivity index (χ4v) is 5.44. The Morgan fingerprint density at radius 3 is 2.77 bits per heavy atom. The molecule has 1 fully saturated rings. The number of ether oxygens (including phenoxy) is 3. The van der Waals surface area contributed by atoms with Crippen LogP contribution in [0.25, 0.3) is 0 Å². The van der Waals surface area contributed by atoms with Gasteiger partial charge in [0.05, 0.1) is 12.3 Å². The Balaban J connectivity index is 1.37. The van der Waals surface area contributed by atoms with Gasteiger partial charge in [-0.15, -0.1) is 11.3 Å². The van der Waals surface area contributed by atoms with Crippen molar-refractivity contribution >= 4 is 28.8 Å². The number of fused-ring (bicyclic) bond motifs is 1. The number of benzene rings is 2. The highest BCUT2D eigenvalue weighted by molar-refractivity contribution is 7.09. The van der Waals surface area contributed by atoms with Crippen LogP contribution in [0.1, 0.15) is 47.5 Å². The molecule has 9 heteroatoms. The van der Waals surface area contributed by atoms with E-state index < -0.39 is 0 Å². The Bertz CT molecular complexity index is 1190. The van der Waals surface area contributed by atoms with Gasteiger partial charge in [-0.1, -0.05) is 30.5 Å². The summed E-state index contributed by atoms with van der Waals surface area (Å²) in [5, 5.41) is 12.4. The molecule has 184 valence electrons. The van der Waals surface area contributed by atoms with Crippen molar-refractivity contribution in [1.82, 2.24) is 9.88 Å². The maximum atomic E-state index is 13.6. The highest BCUT2D eigenvalue weighted by Crippen LogP contribution is 2.34. The average Bonchev–Trinajstić information content (AvgIpc) is 3.64. The van der Waals surface area contributed by atoms with Gasteiger partial charge in [0.25, 0.3) is 0 Å². The summed E-state index contributed by atoms with van der Waals surface area (Å²) in [4.78, 5) is 19.8. The normalized spacial score (nSPS) is 14.9. The lowest BCUT2D eigenvalue weighted by molar-refractivity contribution is -0.136. The molecule has 3 aromatic rings. The largest absolute Gasteiger partial charge is 0.486 e. The molecule has 1 aliphatic heterocycles. The summed E-state index contributed by atoms with van der Waals surface area (Å²) in [6.07, 6.45) is 4.02. The molecule has 5 rings (SSSR count). The molecule has 1 saturated carbocycles. The minimum absolute atomic E-state index is 0.0415. The Labute approximate surface area is 213 Å². The van der Waals surface area contributed by atoms with Crippen molar-refractivity contribution in [1.29, 1.82) is 0 Å². The second-order valence-corrected chi connectivity index (χ2v) is 10.2. The lowest BCUT2D eigenvalue weighted by atomic mass is 10.0. The minimum atomic E-state index is -0.0964. The molecule has 2 aliphatic rings. The van der Waals surface area contributed by atoms with Gasteiger partial charge < -0.3 is 24.2 Å². The fraction of sp³-hybridized carbons (Fsp3) is 0.385. The number of rotatable bonds is 9. The third-order valence-electron chi connectivity index (χ3n) is 6.32. The van der Waals surface area contributed by atoms with Crippen LogP contribution < -0.4 is 14.2 Å². The Kier molecular flexibility index (Phi) is 7.41. The molecule has 0 spiro atoms. The molecule has 2 heterocycles. The van der Waals surface area contributed by atoms with Crippen LogP contribution in [0.3, 0.4) is 0 Å². The van der Waals surface area contributed by atoms with Crippen molar-refractivity contribution in [3.05, 3.63) is 68.6 Å². The summed E-state index contributed by atoms with van der Waals surface area (Å²) in [7, 11) is 0. The fourth-order valence-electron chi connectivity index (χ4n) is 4.55. The Morgan fingerprint density at radius 1 is 1.14 bits per heavy atom. The first-order valence-electron chi connectivity index (χ1n) is 11.7. The first-order valence-corrected chi connectivity index (χ1v) is 13.0. The van der Waals surface area contributed by atoms with E-state index in [9.17, 15) is 9.90 Å². The molecule has 0 unspecified atom stereocenters. The number of aromatic nitrogens is 1. The number of nitrogens with zero attached hydrogens (tertiary/aromatic N) is 2. The zero-order chi connectivity index (χ0) is 24.2. The first kappa shape index (κ1) is 23.9. The van der Waals surface area contributed by atoms with Crippen molar-refractivity contribution in [3.63, 3.8) is 0 Å². The molecule has 7 nitrogen and oxygen atoms in total. The van der Waals surface area contributed by atoms with Crippen molar-refractivity contribution in [2.75, 3.05) is 6.79 Å². The third kappa shape index (κ3) is 5.72. The van der Waals surface area contributed by atoms with Crippen molar-refractivity contribution in [3.8, 4) is 17.2 Å². The number of hydrogen-bond acceptors (Lipinski definition) is 7. The average molecular weight is 515 g/mol. The topological polar surface area (TPSA) is 81.1 Å². The second-order valence-electron chi connectivity index (χ2n) is 8.79. The van der Waals surface area contributed by atoms with E-state index in [1.165, 1.54) is 11.3 Å². The summed E-state index contributed by atoms with van der Waals surface area (Å²) in [6, 6.07) is 11.3. The van der Waals surface area contributed by atoms with Crippen LogP contribution in [0, 0.1) is 5.92 Å². The number of aliphatic hydroxyl groups excluding tert-OH is 1. The summed E-state index contributed by atoms with van der Waals surface area (Å²) < 4.78 is 17.1. The monoisotopic (exact) mass is 514 g/mol. The van der Waals surface area contributed by atoms with Gasteiger partial charge in [-0.25, -0.2) is 4.98 Å². The van der Waals surface area contributed by atoms with E-state index in [2.05, 4.69) is 4.98 Å². The molecule has 0 radical (unpaired) electrons. The van der Waals surface area contributed by atoms with Gasteiger partial charge >= 0.3 is 0 Å². The van der Waals surface area contributed by atoms with E-state index in [0.717, 1.165) is 47.6 Å². The number of thiazole rings is 1. The van der Waals surface area contributed by atoms with Gasteiger partial charge in [0.1, 0.15) is 17.4 Å². The van der Waals surface area contributed by atoms with Crippen LogP contribution in [0.2, 0.25) is 5.02 Å². The summed E-state index contributed by atoms with van der Waals surface area (Å²) in [5.41, 5.74) is 2.44. The minimum Gasteiger partial charge on any atom is -0.486 e. The molecule has 35 heavy (non-hydrogen) atoms. The van der Waals surface area contributed by atoms with E-state index in [1.54, 1.807) is 6.07 Å². The van der Waals surface area contributed by atoms with Gasteiger partial charge in [-0.3, -0.25) is 4.79 Å². The number of carbonyl (C=O) groups excluding carboxylic acids is 1. The number of halogens is 1. The zero-order valence-electron chi connectivity index (χ0n) is 19.2. The molecule has 0 saturated heterocycles. The predicted molar refractivity (Wildman–Crippen MR) is 133 cm³/mol. The summed E-state index contributed by atoms with van der Waals surface area (Å²) in [5.74, 6) is 2.27. The molecular weight excluding hydrogens is 488 g/mol. The van der Waals surface area contributed by atoms with Gasteiger partial charge in [-0.05, 0) is 48.7 Å². The van der Waals surface area contributed by atoms with Crippen LogP contribution in [0.5, 0.6) is 17.2 Å². The molecule has 1 aromatic heterocycles. The SMILES string of the molecule is O=C(C1CCCC1)N(Cc1ccc2c(c1)OCO2)Cc1cc(Cl)ccc1OCc1nc(CO)cs1. The highest BCUT2D eigenvalue weighted by Gasteiger charge is 2.28. The maximum Gasteiger partial charge on any atom is 0.231 e. The molecule has 2 aromatic carbocycles. The number of amides is 1. The summed E-state index contributed by atoms with van der Waals surface area (Å²) in [6.45, 7) is 1.22. The van der Waals surface area contributed by atoms with E-state index in [4.69, 9.17) is 25.8 Å². The number of aliphatic hydroxyl groups is 1. The molecule has 1 amide bonds. The van der Waals surface area contributed by atoms with Crippen molar-refractivity contribution in [2.24, 2.45) is 5.92 Å². The first-order chi connectivity index (χ1) is 17.1. The Hall–Kier alpha value is -2.81. The molecule has 1 aliphatic carbocycles. The van der Waals surface area contributed by atoms with Gasteiger partial charge in [0, 0.05) is 35.0 Å². The third-order valence-corrected chi connectivity index (χ3v) is 7.43. The smallest absolute Gasteiger partial charge is 0.231 e. The predicted octanol–water partition coefficient (Wildman–Crippen LogP) is 5.32. The van der Waals surface area contributed by atoms with E-state index in [-0.39, 0.29) is 31.8 Å². The van der Waals surface area contributed by atoms with Crippen LogP contribution in [-0.4, -0.2) is 27.7 Å². The van der Waals surface area contributed by atoms with Crippen molar-refractivity contribution in [2.45, 2.75) is 52.0 Å². The number of hydrogen-bond donors (Lipinski definition) is 1.